The minimum Gasteiger partial charge on any atom is -0.481 e. The molecule has 1 N–H and O–H groups in total. The molecule has 0 aromatic heterocycles. The Kier molecular flexibility index (Phi) is 11.0. The van der Waals surface area contributed by atoms with Gasteiger partial charge >= 0.3 is 5.97 Å². The SMILES string of the molecule is CCCCC(C)CCCC(C)CCCC(C)C(=O)O. The molecular weight excluding hydrogens is 236 g/mol. The van der Waals surface area contributed by atoms with Gasteiger partial charge in [0.2, 0.25) is 0 Å². The number of rotatable bonds is 12. The van der Waals surface area contributed by atoms with E-state index in [1.54, 1.807) is 0 Å². The smallest absolute Gasteiger partial charge is 0.306 e. The van der Waals surface area contributed by atoms with E-state index < -0.39 is 5.97 Å². The van der Waals surface area contributed by atoms with Gasteiger partial charge in [0.15, 0.2) is 0 Å². The van der Waals surface area contributed by atoms with Crippen molar-refractivity contribution >= 4 is 5.97 Å². The van der Waals surface area contributed by atoms with Crippen molar-refractivity contribution in [2.24, 2.45) is 17.8 Å². The van der Waals surface area contributed by atoms with Crippen molar-refractivity contribution in [1.29, 1.82) is 0 Å². The van der Waals surface area contributed by atoms with Crippen LogP contribution in [0.15, 0.2) is 0 Å². The molecule has 0 heterocycles. The van der Waals surface area contributed by atoms with Gasteiger partial charge in [-0.15, -0.1) is 0 Å². The zero-order chi connectivity index (χ0) is 14.7. The minimum atomic E-state index is -0.655. The first-order valence-corrected chi connectivity index (χ1v) is 8.20. The van der Waals surface area contributed by atoms with Crippen molar-refractivity contribution in [2.75, 3.05) is 0 Å². The average Bonchev–Trinajstić information content (AvgIpc) is 2.36. The monoisotopic (exact) mass is 270 g/mol. The largest absolute Gasteiger partial charge is 0.481 e. The molecule has 0 saturated carbocycles. The molecule has 0 aliphatic heterocycles. The maximum Gasteiger partial charge on any atom is 0.306 e. The fraction of sp³-hybridized carbons (Fsp3) is 0.941. The van der Waals surface area contributed by atoms with Gasteiger partial charge in [0, 0.05) is 0 Å². The highest BCUT2D eigenvalue weighted by Crippen LogP contribution is 2.21. The van der Waals surface area contributed by atoms with Crippen LogP contribution in [-0.2, 0) is 4.79 Å². The predicted molar refractivity (Wildman–Crippen MR) is 82.4 cm³/mol. The summed E-state index contributed by atoms with van der Waals surface area (Å²) in [5, 5.41) is 8.82. The van der Waals surface area contributed by atoms with Gasteiger partial charge in [-0.05, 0) is 18.3 Å². The molecule has 0 aromatic rings. The lowest BCUT2D eigenvalue weighted by atomic mass is 9.92. The van der Waals surface area contributed by atoms with E-state index in [1.807, 2.05) is 6.92 Å². The van der Waals surface area contributed by atoms with Crippen LogP contribution in [0, 0.1) is 17.8 Å². The molecule has 0 spiro atoms. The molecule has 0 aromatic carbocycles. The molecule has 0 radical (unpaired) electrons. The van der Waals surface area contributed by atoms with Crippen LogP contribution < -0.4 is 0 Å². The van der Waals surface area contributed by atoms with E-state index in [-0.39, 0.29) is 5.92 Å². The molecule has 0 bridgehead atoms. The van der Waals surface area contributed by atoms with E-state index in [1.165, 1.54) is 44.9 Å². The van der Waals surface area contributed by atoms with Gasteiger partial charge in [0.05, 0.1) is 5.92 Å². The number of carbonyl (C=O) groups is 1. The fourth-order valence-electron chi connectivity index (χ4n) is 2.55. The summed E-state index contributed by atoms with van der Waals surface area (Å²) in [6.07, 6.45) is 11.1. The van der Waals surface area contributed by atoms with Crippen molar-refractivity contribution in [3.05, 3.63) is 0 Å². The summed E-state index contributed by atoms with van der Waals surface area (Å²) in [6, 6.07) is 0. The maximum atomic E-state index is 10.7. The predicted octanol–water partition coefficient (Wildman–Crippen LogP) is 5.51. The standard InChI is InChI=1S/C17H34O2/c1-5-6-9-14(2)10-7-11-15(3)12-8-13-16(4)17(18)19/h14-16H,5-13H2,1-4H3,(H,18,19). The van der Waals surface area contributed by atoms with Gasteiger partial charge in [-0.3, -0.25) is 4.79 Å². The normalized spacial score (nSPS) is 16.0. The van der Waals surface area contributed by atoms with E-state index in [9.17, 15) is 4.79 Å². The van der Waals surface area contributed by atoms with E-state index in [0.717, 1.165) is 24.7 Å². The topological polar surface area (TPSA) is 37.3 Å². The van der Waals surface area contributed by atoms with E-state index >= 15 is 0 Å². The quantitative estimate of drug-likeness (QED) is 0.507. The first-order valence-electron chi connectivity index (χ1n) is 8.20. The van der Waals surface area contributed by atoms with Gasteiger partial charge in [0.1, 0.15) is 0 Å². The Bertz CT molecular complexity index is 225. The number of hydrogen-bond donors (Lipinski definition) is 1. The molecule has 0 rings (SSSR count). The first kappa shape index (κ1) is 18.5. The Morgan fingerprint density at radius 2 is 1.26 bits per heavy atom. The molecule has 19 heavy (non-hydrogen) atoms. The molecule has 3 atom stereocenters. The Morgan fingerprint density at radius 1 is 0.842 bits per heavy atom. The second-order valence-corrected chi connectivity index (χ2v) is 6.45. The third-order valence-corrected chi connectivity index (χ3v) is 4.20. The third-order valence-electron chi connectivity index (χ3n) is 4.20. The van der Waals surface area contributed by atoms with Crippen LogP contribution in [0.2, 0.25) is 0 Å². The highest BCUT2D eigenvalue weighted by Gasteiger charge is 2.11. The van der Waals surface area contributed by atoms with Crippen LogP contribution >= 0.6 is 0 Å². The summed E-state index contributed by atoms with van der Waals surface area (Å²) in [5.74, 6) is 0.789. The lowest BCUT2D eigenvalue weighted by Gasteiger charge is -2.14. The van der Waals surface area contributed by atoms with Crippen LogP contribution in [0.3, 0.4) is 0 Å². The molecule has 0 amide bonds. The van der Waals surface area contributed by atoms with Crippen LogP contribution in [0.4, 0.5) is 0 Å². The lowest BCUT2D eigenvalue weighted by Crippen LogP contribution is -2.09. The molecular formula is C17H34O2. The Hall–Kier alpha value is -0.530. The Morgan fingerprint density at radius 3 is 1.68 bits per heavy atom. The van der Waals surface area contributed by atoms with E-state index in [2.05, 4.69) is 20.8 Å². The van der Waals surface area contributed by atoms with Gasteiger partial charge in [-0.2, -0.15) is 0 Å². The molecule has 0 saturated heterocycles. The molecule has 2 heteroatoms. The van der Waals surface area contributed by atoms with Crippen LogP contribution in [0.1, 0.15) is 85.5 Å². The number of unbranched alkanes of at least 4 members (excludes halogenated alkanes) is 1. The Labute approximate surface area is 120 Å². The average molecular weight is 270 g/mol. The molecule has 114 valence electrons. The van der Waals surface area contributed by atoms with Crippen molar-refractivity contribution in [1.82, 2.24) is 0 Å². The Balaban J connectivity index is 3.48. The third kappa shape index (κ3) is 11.0. The summed E-state index contributed by atoms with van der Waals surface area (Å²) in [7, 11) is 0. The molecule has 0 aliphatic carbocycles. The van der Waals surface area contributed by atoms with Gasteiger partial charge in [0.25, 0.3) is 0 Å². The van der Waals surface area contributed by atoms with Crippen molar-refractivity contribution in [3.8, 4) is 0 Å². The van der Waals surface area contributed by atoms with Crippen molar-refractivity contribution < 1.29 is 9.90 Å². The van der Waals surface area contributed by atoms with Gasteiger partial charge in [-0.1, -0.05) is 79.1 Å². The van der Waals surface area contributed by atoms with Crippen LogP contribution in [0.25, 0.3) is 0 Å². The van der Waals surface area contributed by atoms with Crippen molar-refractivity contribution in [2.45, 2.75) is 85.5 Å². The molecule has 3 unspecified atom stereocenters. The summed E-state index contributed by atoms with van der Waals surface area (Å²) < 4.78 is 0. The molecule has 0 aliphatic rings. The number of aliphatic carboxylic acids is 1. The van der Waals surface area contributed by atoms with Gasteiger partial charge in [-0.25, -0.2) is 0 Å². The minimum absolute atomic E-state index is 0.179. The van der Waals surface area contributed by atoms with Crippen LogP contribution in [-0.4, -0.2) is 11.1 Å². The summed E-state index contributed by atoms with van der Waals surface area (Å²) in [6.45, 7) is 8.74. The lowest BCUT2D eigenvalue weighted by molar-refractivity contribution is -0.141. The first-order chi connectivity index (χ1) is 8.97. The second-order valence-electron chi connectivity index (χ2n) is 6.45. The highest BCUT2D eigenvalue weighted by molar-refractivity contribution is 5.69. The molecule has 0 fully saturated rings. The van der Waals surface area contributed by atoms with Crippen molar-refractivity contribution in [3.63, 3.8) is 0 Å². The summed E-state index contributed by atoms with van der Waals surface area (Å²) in [5.41, 5.74) is 0. The summed E-state index contributed by atoms with van der Waals surface area (Å²) in [4.78, 5) is 10.7. The highest BCUT2D eigenvalue weighted by atomic mass is 16.4. The zero-order valence-electron chi connectivity index (χ0n) is 13.5. The maximum absolute atomic E-state index is 10.7. The fourth-order valence-corrected chi connectivity index (χ4v) is 2.55. The second kappa shape index (κ2) is 11.3. The number of hydrogen-bond acceptors (Lipinski definition) is 1. The summed E-state index contributed by atoms with van der Waals surface area (Å²) >= 11 is 0. The molecule has 2 nitrogen and oxygen atoms in total. The zero-order valence-corrected chi connectivity index (χ0v) is 13.5. The number of carboxylic acids is 1. The van der Waals surface area contributed by atoms with E-state index in [4.69, 9.17) is 5.11 Å². The number of carboxylic acid groups (broad SMARTS) is 1. The van der Waals surface area contributed by atoms with Gasteiger partial charge < -0.3 is 5.11 Å². The van der Waals surface area contributed by atoms with Crippen LogP contribution in [0.5, 0.6) is 0 Å². The van der Waals surface area contributed by atoms with E-state index in [0.29, 0.717) is 0 Å².